The van der Waals surface area contributed by atoms with Gasteiger partial charge in [0.2, 0.25) is 11.8 Å². The molecule has 1 atom stereocenters. The third kappa shape index (κ3) is 3.21. The zero-order chi connectivity index (χ0) is 22.1. The largest absolute Gasteiger partial charge is 0.466 e. The van der Waals surface area contributed by atoms with Crippen LogP contribution in [0.5, 0.6) is 0 Å². The highest BCUT2D eigenvalue weighted by molar-refractivity contribution is 9.10. The Bertz CT molecular complexity index is 1060. The van der Waals surface area contributed by atoms with E-state index in [9.17, 15) is 19.6 Å². The van der Waals surface area contributed by atoms with E-state index in [0.717, 1.165) is 0 Å². The molecule has 0 aliphatic carbocycles. The molecule has 30 heavy (non-hydrogen) atoms. The van der Waals surface area contributed by atoms with Crippen LogP contribution in [0, 0.1) is 11.3 Å². The smallest absolute Gasteiger partial charge is 0.339 e. The molecule has 3 rings (SSSR count). The van der Waals surface area contributed by atoms with Crippen molar-refractivity contribution < 1.29 is 28.6 Å². The fourth-order valence-corrected chi connectivity index (χ4v) is 3.96. The van der Waals surface area contributed by atoms with Gasteiger partial charge in [-0.05, 0) is 32.0 Å². The van der Waals surface area contributed by atoms with Gasteiger partial charge in [0.05, 0.1) is 13.2 Å². The number of fused-ring (bicyclic) bond motifs is 2. The van der Waals surface area contributed by atoms with Gasteiger partial charge in [0.25, 0.3) is 0 Å². The van der Waals surface area contributed by atoms with E-state index in [2.05, 4.69) is 21.2 Å². The van der Waals surface area contributed by atoms with Crippen molar-refractivity contribution in [3.63, 3.8) is 0 Å². The Morgan fingerprint density at radius 3 is 2.63 bits per heavy atom. The Kier molecular flexibility index (Phi) is 5.85. The van der Waals surface area contributed by atoms with E-state index in [-0.39, 0.29) is 36.0 Å². The van der Waals surface area contributed by atoms with Crippen LogP contribution in [0.25, 0.3) is 0 Å². The number of anilines is 1. The summed E-state index contributed by atoms with van der Waals surface area (Å²) in [5.41, 5.74) is 4.21. The zero-order valence-electron chi connectivity index (χ0n) is 16.2. The fraction of sp³-hybridized carbons (Fsp3) is 0.300. The molecule has 0 fully saturated rings. The van der Waals surface area contributed by atoms with Gasteiger partial charge in [0.15, 0.2) is 5.41 Å². The van der Waals surface area contributed by atoms with E-state index in [1.807, 2.05) is 6.07 Å². The van der Waals surface area contributed by atoms with Crippen LogP contribution in [0.2, 0.25) is 0 Å². The summed E-state index contributed by atoms with van der Waals surface area (Å²) in [6, 6.07) is 6.82. The van der Waals surface area contributed by atoms with Gasteiger partial charge in [-0.3, -0.25) is 9.59 Å². The van der Waals surface area contributed by atoms with Crippen molar-refractivity contribution in [2.75, 3.05) is 18.5 Å². The molecule has 0 aromatic heterocycles. The lowest BCUT2D eigenvalue weighted by atomic mass is 9.68. The van der Waals surface area contributed by atoms with Gasteiger partial charge in [0.1, 0.15) is 29.4 Å². The zero-order valence-corrected chi connectivity index (χ0v) is 17.8. The second-order valence-corrected chi connectivity index (χ2v) is 7.26. The summed E-state index contributed by atoms with van der Waals surface area (Å²) < 4.78 is 16.2. The van der Waals surface area contributed by atoms with Crippen LogP contribution in [0.3, 0.4) is 0 Å². The van der Waals surface area contributed by atoms with Crippen LogP contribution in [0.1, 0.15) is 25.8 Å². The van der Waals surface area contributed by atoms with Gasteiger partial charge >= 0.3 is 11.9 Å². The molecule has 0 bridgehead atoms. The first-order valence-electron chi connectivity index (χ1n) is 9.07. The number of hydrogen-bond donors (Lipinski definition) is 2. The Labute approximate surface area is 180 Å². The summed E-state index contributed by atoms with van der Waals surface area (Å²) in [5.74, 6) is -2.85. The van der Waals surface area contributed by atoms with E-state index >= 15 is 0 Å². The first kappa shape index (κ1) is 21.4. The highest BCUT2D eigenvalue weighted by Gasteiger charge is 2.60. The van der Waals surface area contributed by atoms with Crippen LogP contribution in [-0.4, -0.2) is 31.1 Å². The van der Waals surface area contributed by atoms with Gasteiger partial charge in [-0.15, -0.1) is 0 Å². The number of benzene rings is 1. The normalized spacial score (nSPS) is 19.7. The molecule has 2 heterocycles. The van der Waals surface area contributed by atoms with E-state index in [4.69, 9.17) is 19.9 Å². The number of carbonyl (C=O) groups is 3. The molecule has 1 aromatic carbocycles. The summed E-state index contributed by atoms with van der Waals surface area (Å²) >= 11 is 3.35. The summed E-state index contributed by atoms with van der Waals surface area (Å²) in [7, 11) is 0. The average molecular weight is 476 g/mol. The number of nitrogens with one attached hydrogen (secondary N) is 1. The Hall–Kier alpha value is -3.32. The molecule has 9 nitrogen and oxygen atoms in total. The molecule has 3 N–H and O–H groups in total. The predicted molar refractivity (Wildman–Crippen MR) is 107 cm³/mol. The monoisotopic (exact) mass is 475 g/mol. The van der Waals surface area contributed by atoms with Crippen molar-refractivity contribution in [3.05, 3.63) is 51.0 Å². The molecular weight excluding hydrogens is 458 g/mol. The van der Waals surface area contributed by atoms with Crippen molar-refractivity contribution in [2.24, 2.45) is 5.73 Å². The quantitative estimate of drug-likeness (QED) is 0.616. The molecule has 1 amide bonds. The lowest BCUT2D eigenvalue weighted by Crippen LogP contribution is -2.46. The minimum absolute atomic E-state index is 0.000850. The Morgan fingerprint density at radius 1 is 1.30 bits per heavy atom. The number of hydrogen-bond acceptors (Lipinski definition) is 8. The van der Waals surface area contributed by atoms with E-state index < -0.39 is 29.7 Å². The number of carbonyl (C=O) groups excluding carboxylic acids is 3. The minimum Gasteiger partial charge on any atom is -0.466 e. The molecule has 10 heteroatoms. The number of nitriles is 1. The molecule has 1 spiro atoms. The van der Waals surface area contributed by atoms with Gasteiger partial charge in [-0.25, -0.2) is 4.79 Å². The van der Waals surface area contributed by atoms with Crippen molar-refractivity contribution in [3.8, 4) is 6.07 Å². The van der Waals surface area contributed by atoms with Crippen LogP contribution in [-0.2, 0) is 34.0 Å². The first-order valence-corrected chi connectivity index (χ1v) is 9.86. The van der Waals surface area contributed by atoms with E-state index in [1.54, 1.807) is 32.0 Å². The molecular formula is C20H18BrN3O6. The number of halogens is 1. The standard InChI is InChI=1S/C20H18BrN3O6/c1-3-28-15(25)8-14-16(18(26)29-4-2)20(12(9-22)17(23)30-14)11-7-10(21)5-6-13(11)24-19(20)27/h5-7H,3-4,8,23H2,1-2H3,(H,24,27)/t20-/m0/s1. The van der Waals surface area contributed by atoms with Crippen LogP contribution in [0.15, 0.2) is 45.5 Å². The highest BCUT2D eigenvalue weighted by atomic mass is 79.9. The molecule has 2 aliphatic rings. The molecule has 156 valence electrons. The number of ether oxygens (including phenoxy) is 3. The molecule has 0 radical (unpaired) electrons. The third-order valence-corrected chi connectivity index (χ3v) is 5.18. The van der Waals surface area contributed by atoms with Gasteiger partial charge in [-0.2, -0.15) is 5.26 Å². The second-order valence-electron chi connectivity index (χ2n) is 6.35. The van der Waals surface area contributed by atoms with Crippen molar-refractivity contribution in [1.29, 1.82) is 5.26 Å². The highest BCUT2D eigenvalue weighted by Crippen LogP contribution is 2.52. The fourth-order valence-electron chi connectivity index (χ4n) is 3.60. The van der Waals surface area contributed by atoms with Crippen molar-refractivity contribution in [1.82, 2.24) is 0 Å². The second kappa shape index (κ2) is 8.20. The SMILES string of the molecule is CCOC(=O)CC1=C(C(=O)OCC)[C@@]2(C(=O)Nc3ccc(Br)cc32)C(C#N)=C(N)O1. The molecule has 2 aliphatic heterocycles. The Balaban J connectivity index is 2.37. The number of nitrogens with two attached hydrogens (primary N) is 1. The van der Waals surface area contributed by atoms with E-state index in [0.29, 0.717) is 15.7 Å². The van der Waals surface area contributed by atoms with E-state index in [1.165, 1.54) is 0 Å². The lowest BCUT2D eigenvalue weighted by Gasteiger charge is -2.34. The van der Waals surface area contributed by atoms with Gasteiger partial charge < -0.3 is 25.3 Å². The topological polar surface area (TPSA) is 141 Å². The predicted octanol–water partition coefficient (Wildman–Crippen LogP) is 2.13. The first-order chi connectivity index (χ1) is 14.3. The summed E-state index contributed by atoms with van der Waals surface area (Å²) in [6.45, 7) is 3.33. The molecule has 0 saturated heterocycles. The number of rotatable bonds is 5. The summed E-state index contributed by atoms with van der Waals surface area (Å²) in [4.78, 5) is 38.5. The number of esters is 2. The number of amides is 1. The van der Waals surface area contributed by atoms with Crippen molar-refractivity contribution in [2.45, 2.75) is 25.7 Å². The summed E-state index contributed by atoms with van der Waals surface area (Å²) in [6.07, 6.45) is -0.472. The van der Waals surface area contributed by atoms with Crippen molar-refractivity contribution >= 4 is 39.5 Å². The van der Waals surface area contributed by atoms with Crippen LogP contribution >= 0.6 is 15.9 Å². The lowest BCUT2D eigenvalue weighted by molar-refractivity contribution is -0.143. The number of nitrogens with zero attached hydrogens (tertiary/aromatic N) is 1. The van der Waals surface area contributed by atoms with Gasteiger partial charge in [0, 0.05) is 15.7 Å². The Morgan fingerprint density at radius 2 is 2.00 bits per heavy atom. The molecule has 0 saturated carbocycles. The summed E-state index contributed by atoms with van der Waals surface area (Å²) in [5, 5.41) is 12.5. The minimum atomic E-state index is -1.93. The maximum atomic E-state index is 13.3. The van der Waals surface area contributed by atoms with Crippen LogP contribution in [0.4, 0.5) is 5.69 Å². The molecule has 1 aromatic rings. The maximum Gasteiger partial charge on any atom is 0.339 e. The van der Waals surface area contributed by atoms with Crippen LogP contribution < -0.4 is 11.1 Å². The molecule has 0 unspecified atom stereocenters. The van der Waals surface area contributed by atoms with Gasteiger partial charge in [-0.1, -0.05) is 15.9 Å². The maximum absolute atomic E-state index is 13.3. The average Bonchev–Trinajstić information content (AvgIpc) is 2.94. The third-order valence-electron chi connectivity index (χ3n) is 4.68.